The summed E-state index contributed by atoms with van der Waals surface area (Å²) < 4.78 is 0. The summed E-state index contributed by atoms with van der Waals surface area (Å²) in [4.78, 5) is 16.0. The molecule has 2 atom stereocenters. The van der Waals surface area contributed by atoms with Crippen LogP contribution in [0.4, 0.5) is 0 Å². The molecule has 1 aliphatic heterocycles. The van der Waals surface area contributed by atoms with Crippen molar-refractivity contribution < 1.29 is 4.79 Å². The minimum atomic E-state index is -0.698. The van der Waals surface area contributed by atoms with Crippen LogP contribution in [0.25, 0.3) is 0 Å². The van der Waals surface area contributed by atoms with Gasteiger partial charge in [0.15, 0.2) is 0 Å². The zero-order chi connectivity index (χ0) is 12.3. The van der Waals surface area contributed by atoms with E-state index in [2.05, 4.69) is 4.99 Å². The summed E-state index contributed by atoms with van der Waals surface area (Å²) in [5, 5.41) is 0. The second-order valence-corrected chi connectivity index (χ2v) is 4.39. The van der Waals surface area contributed by atoms with Gasteiger partial charge in [0.2, 0.25) is 5.91 Å². The van der Waals surface area contributed by atoms with Crippen LogP contribution in [-0.4, -0.2) is 18.7 Å². The first kappa shape index (κ1) is 11.6. The molecular weight excluding hydrogens is 212 g/mol. The van der Waals surface area contributed by atoms with E-state index in [0.717, 1.165) is 5.56 Å². The van der Waals surface area contributed by atoms with Crippen molar-refractivity contribution in [3.63, 3.8) is 0 Å². The van der Waals surface area contributed by atoms with Gasteiger partial charge in [-0.15, -0.1) is 0 Å². The number of nitrogens with zero attached hydrogens (tertiary/aromatic N) is 1. The zero-order valence-corrected chi connectivity index (χ0v) is 9.84. The van der Waals surface area contributed by atoms with Gasteiger partial charge in [-0.1, -0.05) is 43.3 Å². The van der Waals surface area contributed by atoms with Gasteiger partial charge in [-0.25, -0.2) is 0 Å². The largest absolute Gasteiger partial charge is 0.369 e. The van der Waals surface area contributed by atoms with E-state index in [1.807, 2.05) is 43.3 Å². The molecule has 1 aliphatic rings. The van der Waals surface area contributed by atoms with E-state index in [4.69, 9.17) is 5.73 Å². The molecule has 0 aromatic heterocycles. The van der Waals surface area contributed by atoms with E-state index >= 15 is 0 Å². The molecule has 3 nitrogen and oxygen atoms in total. The molecule has 17 heavy (non-hydrogen) atoms. The minimum Gasteiger partial charge on any atom is -0.369 e. The summed E-state index contributed by atoms with van der Waals surface area (Å²) in [6.45, 7) is 2.44. The number of aliphatic imine (C=N–C) groups is 1. The number of dihydropyridines is 1. The molecule has 0 spiro atoms. The van der Waals surface area contributed by atoms with Crippen molar-refractivity contribution in [1.29, 1.82) is 0 Å². The molecule has 3 heteroatoms. The number of rotatable bonds is 3. The van der Waals surface area contributed by atoms with Gasteiger partial charge >= 0.3 is 0 Å². The Hall–Kier alpha value is -1.90. The maximum Gasteiger partial charge on any atom is 0.229 e. The number of allylic oxidation sites excluding steroid dienone is 1. The predicted octanol–water partition coefficient (Wildman–Crippen LogP) is 1.90. The first-order valence-corrected chi connectivity index (χ1v) is 5.69. The quantitative estimate of drug-likeness (QED) is 0.844. The molecule has 2 unspecified atom stereocenters. The Balaban J connectivity index is 2.39. The number of carbonyl (C=O) groups excluding carboxylic acids is 1. The van der Waals surface area contributed by atoms with E-state index in [9.17, 15) is 4.79 Å². The van der Waals surface area contributed by atoms with E-state index in [-0.39, 0.29) is 11.8 Å². The highest BCUT2D eigenvalue weighted by molar-refractivity contribution is 5.87. The van der Waals surface area contributed by atoms with Gasteiger partial charge in [0.1, 0.15) is 0 Å². The molecule has 0 fully saturated rings. The van der Waals surface area contributed by atoms with Crippen LogP contribution in [0.2, 0.25) is 0 Å². The predicted molar refractivity (Wildman–Crippen MR) is 69.0 cm³/mol. The van der Waals surface area contributed by atoms with Gasteiger partial charge in [0, 0.05) is 12.1 Å². The fraction of sp³-hybridized carbons (Fsp3) is 0.286. The van der Waals surface area contributed by atoms with Gasteiger partial charge in [-0.3, -0.25) is 9.79 Å². The Morgan fingerprint density at radius 3 is 2.65 bits per heavy atom. The molecule has 0 aliphatic carbocycles. The first-order chi connectivity index (χ1) is 8.17. The Kier molecular flexibility index (Phi) is 3.09. The summed E-state index contributed by atoms with van der Waals surface area (Å²) in [6, 6.07) is 9.93. The smallest absolute Gasteiger partial charge is 0.229 e. The lowest BCUT2D eigenvalue weighted by molar-refractivity contribution is -0.125. The summed E-state index contributed by atoms with van der Waals surface area (Å²) in [7, 11) is 0. The molecular formula is C14H16N2O. The average Bonchev–Trinajstić information content (AvgIpc) is 2.39. The fourth-order valence-corrected chi connectivity index (χ4v) is 2.23. The maximum atomic E-state index is 11.8. The molecule has 1 aromatic rings. The molecule has 0 bridgehead atoms. The van der Waals surface area contributed by atoms with Crippen molar-refractivity contribution in [2.45, 2.75) is 12.8 Å². The molecule has 88 valence electrons. The van der Waals surface area contributed by atoms with Gasteiger partial charge < -0.3 is 5.73 Å². The molecule has 2 N–H and O–H groups in total. The minimum absolute atomic E-state index is 0.0231. The molecule has 0 saturated heterocycles. The van der Waals surface area contributed by atoms with E-state index in [1.165, 1.54) is 0 Å². The van der Waals surface area contributed by atoms with Crippen LogP contribution in [0.3, 0.4) is 0 Å². The maximum absolute atomic E-state index is 11.8. The highest BCUT2D eigenvalue weighted by atomic mass is 16.1. The molecule has 0 saturated carbocycles. The first-order valence-electron chi connectivity index (χ1n) is 5.69. The fourth-order valence-electron chi connectivity index (χ4n) is 2.23. The number of hydrogen-bond donors (Lipinski definition) is 1. The topological polar surface area (TPSA) is 55.5 Å². The van der Waals surface area contributed by atoms with E-state index < -0.39 is 5.41 Å². The van der Waals surface area contributed by atoms with Crippen molar-refractivity contribution in [3.05, 3.63) is 48.0 Å². The third kappa shape index (κ3) is 2.00. The Labute approximate surface area is 101 Å². The lowest BCUT2D eigenvalue weighted by atomic mass is 9.71. The summed E-state index contributed by atoms with van der Waals surface area (Å²) in [5.74, 6) is -0.295. The van der Waals surface area contributed by atoms with E-state index in [1.54, 1.807) is 12.3 Å². The standard InChI is InChI=1S/C14H16N2O/c1-11(12-6-3-2-4-7-12)14(13(15)17)8-5-9-16-10-14/h2-9,11H,10H2,1H3,(H2,15,17). The molecule has 2 rings (SSSR count). The second-order valence-electron chi connectivity index (χ2n) is 4.39. The average molecular weight is 228 g/mol. The van der Waals surface area contributed by atoms with Crippen LogP contribution in [0.15, 0.2) is 47.5 Å². The van der Waals surface area contributed by atoms with Crippen LogP contribution in [0, 0.1) is 5.41 Å². The van der Waals surface area contributed by atoms with Crippen molar-refractivity contribution in [2.75, 3.05) is 6.54 Å². The van der Waals surface area contributed by atoms with Crippen LogP contribution < -0.4 is 5.73 Å². The number of amides is 1. The molecule has 1 amide bonds. The number of primary amides is 1. The number of benzene rings is 1. The van der Waals surface area contributed by atoms with E-state index in [0.29, 0.717) is 6.54 Å². The number of hydrogen-bond acceptors (Lipinski definition) is 2. The number of carbonyl (C=O) groups is 1. The van der Waals surface area contributed by atoms with Gasteiger partial charge in [0.05, 0.1) is 12.0 Å². The van der Waals surface area contributed by atoms with Crippen LogP contribution in [0.1, 0.15) is 18.4 Å². The monoisotopic (exact) mass is 228 g/mol. The Bertz CT molecular complexity index is 464. The van der Waals surface area contributed by atoms with Crippen molar-refractivity contribution in [3.8, 4) is 0 Å². The van der Waals surface area contributed by atoms with Crippen LogP contribution in [0.5, 0.6) is 0 Å². The van der Waals surface area contributed by atoms with Crippen LogP contribution in [-0.2, 0) is 4.79 Å². The van der Waals surface area contributed by atoms with Crippen molar-refractivity contribution >= 4 is 12.1 Å². The molecule has 0 radical (unpaired) electrons. The lowest BCUT2D eigenvalue weighted by Gasteiger charge is -2.33. The molecule has 1 heterocycles. The molecule has 1 aromatic carbocycles. The van der Waals surface area contributed by atoms with Crippen LogP contribution >= 0.6 is 0 Å². The SMILES string of the molecule is CC(c1ccccc1)C1(C(N)=O)C=CC=NC1. The summed E-state index contributed by atoms with van der Waals surface area (Å²) >= 11 is 0. The van der Waals surface area contributed by atoms with Gasteiger partial charge in [-0.2, -0.15) is 0 Å². The summed E-state index contributed by atoms with van der Waals surface area (Å²) in [6.07, 6.45) is 5.38. The highest BCUT2D eigenvalue weighted by Gasteiger charge is 2.40. The third-order valence-corrected chi connectivity index (χ3v) is 3.47. The lowest BCUT2D eigenvalue weighted by Crippen LogP contribution is -2.43. The second kappa shape index (κ2) is 4.53. The van der Waals surface area contributed by atoms with Gasteiger partial charge in [-0.05, 0) is 11.6 Å². The zero-order valence-electron chi connectivity index (χ0n) is 9.84. The van der Waals surface area contributed by atoms with Gasteiger partial charge in [0.25, 0.3) is 0 Å². The highest BCUT2D eigenvalue weighted by Crippen LogP contribution is 2.38. The Morgan fingerprint density at radius 1 is 1.41 bits per heavy atom. The van der Waals surface area contributed by atoms with Crippen molar-refractivity contribution in [1.82, 2.24) is 0 Å². The van der Waals surface area contributed by atoms with Crippen molar-refractivity contribution in [2.24, 2.45) is 16.1 Å². The normalized spacial score (nSPS) is 24.5. The third-order valence-electron chi connectivity index (χ3n) is 3.47. The Morgan fingerprint density at radius 2 is 2.12 bits per heavy atom. The summed E-state index contributed by atoms with van der Waals surface area (Å²) in [5.41, 5.74) is 5.98. The number of nitrogens with two attached hydrogens (primary N) is 1.